The molecule has 3 nitrogen and oxygen atoms in total. The molecule has 1 aromatic heterocycles. The fourth-order valence-corrected chi connectivity index (χ4v) is 0.215. The van der Waals surface area contributed by atoms with Crippen LogP contribution in [0.5, 0.6) is 0 Å². The van der Waals surface area contributed by atoms with E-state index < -0.39 is 0 Å². The zero-order valence-electron chi connectivity index (χ0n) is 4.00. The van der Waals surface area contributed by atoms with Crippen LogP contribution in [0.2, 0.25) is 0 Å². The van der Waals surface area contributed by atoms with Crippen molar-refractivity contribution in [3.63, 3.8) is 0 Å². The molecule has 0 fully saturated rings. The van der Waals surface area contributed by atoms with E-state index in [0.29, 0.717) is 0 Å². The Morgan fingerprint density at radius 3 is 2.00 bits per heavy atom. The van der Waals surface area contributed by atoms with Crippen molar-refractivity contribution < 1.29 is 5.48 Å². The zero-order chi connectivity index (χ0) is 3.54. The number of imidazole rings is 1. The second-order valence-corrected chi connectivity index (χ2v) is 0.761. The molecule has 0 unspecified atom stereocenters. The number of aromatic amines is 1. The lowest BCUT2D eigenvalue weighted by Gasteiger charge is -1.46. The SMILES string of the molecule is Cl.Cl.O.c1c[nH]cn1. The van der Waals surface area contributed by atoms with Crippen molar-refractivity contribution in [2.75, 3.05) is 0 Å². The van der Waals surface area contributed by atoms with E-state index in [1.54, 1.807) is 18.7 Å². The van der Waals surface area contributed by atoms with Crippen molar-refractivity contribution in [1.29, 1.82) is 0 Å². The summed E-state index contributed by atoms with van der Waals surface area (Å²) in [4.78, 5) is 6.42. The molecule has 0 aliphatic carbocycles. The highest BCUT2D eigenvalue weighted by atomic mass is 35.5. The van der Waals surface area contributed by atoms with Gasteiger partial charge in [-0.2, -0.15) is 0 Å². The number of nitrogens with one attached hydrogen (secondary N) is 1. The number of aromatic nitrogens is 2. The standard InChI is InChI=1S/C3H4N2.2ClH.H2O/c1-2-5-3-4-1;;;/h1-3H,(H,4,5);2*1H;1H2. The Balaban J connectivity index is -0.0000000833. The van der Waals surface area contributed by atoms with Gasteiger partial charge in [0.25, 0.3) is 0 Å². The Kier molecular flexibility index (Phi) is 19.4. The molecule has 0 aliphatic rings. The second kappa shape index (κ2) is 9.89. The summed E-state index contributed by atoms with van der Waals surface area (Å²) in [6, 6.07) is 0. The number of hydrogen-bond acceptors (Lipinski definition) is 1. The van der Waals surface area contributed by atoms with E-state index in [1.807, 2.05) is 0 Å². The highest BCUT2D eigenvalue weighted by Gasteiger charge is 1.56. The average molecular weight is 159 g/mol. The maximum atomic E-state index is 3.67. The molecule has 3 N–H and O–H groups in total. The van der Waals surface area contributed by atoms with Crippen LogP contribution >= 0.6 is 24.8 Å². The zero-order valence-corrected chi connectivity index (χ0v) is 5.63. The third kappa shape index (κ3) is 5.75. The number of H-pyrrole nitrogens is 1. The predicted molar refractivity (Wildman–Crippen MR) is 36.7 cm³/mol. The normalized spacial score (nSPS) is 5.00. The summed E-state index contributed by atoms with van der Waals surface area (Å²) >= 11 is 0. The summed E-state index contributed by atoms with van der Waals surface area (Å²) in [5, 5.41) is 0. The first-order chi connectivity index (χ1) is 2.50. The number of nitrogens with zero attached hydrogens (tertiary/aromatic N) is 1. The average Bonchev–Trinajstić information content (AvgIpc) is 1.76. The molecular formula is C3H8Cl2N2O. The summed E-state index contributed by atoms with van der Waals surface area (Å²) in [6.07, 6.45) is 5.08. The molecule has 0 radical (unpaired) electrons. The van der Waals surface area contributed by atoms with Gasteiger partial charge in [-0.3, -0.25) is 0 Å². The van der Waals surface area contributed by atoms with Crippen LogP contribution in [0.4, 0.5) is 0 Å². The largest absolute Gasteiger partial charge is 0.412 e. The monoisotopic (exact) mass is 158 g/mol. The van der Waals surface area contributed by atoms with Crippen molar-refractivity contribution in [3.05, 3.63) is 18.7 Å². The van der Waals surface area contributed by atoms with E-state index in [-0.39, 0.29) is 30.3 Å². The molecule has 0 amide bonds. The van der Waals surface area contributed by atoms with Gasteiger partial charge < -0.3 is 10.5 Å². The van der Waals surface area contributed by atoms with Crippen molar-refractivity contribution in [3.8, 4) is 0 Å². The summed E-state index contributed by atoms with van der Waals surface area (Å²) in [5.41, 5.74) is 0. The van der Waals surface area contributed by atoms with Gasteiger partial charge in [0.1, 0.15) is 0 Å². The fourth-order valence-electron chi connectivity index (χ4n) is 0.215. The Morgan fingerprint density at radius 1 is 1.25 bits per heavy atom. The van der Waals surface area contributed by atoms with Crippen molar-refractivity contribution in [2.24, 2.45) is 0 Å². The van der Waals surface area contributed by atoms with E-state index in [9.17, 15) is 0 Å². The van der Waals surface area contributed by atoms with Crippen LogP contribution in [0.3, 0.4) is 0 Å². The molecule has 8 heavy (non-hydrogen) atoms. The Bertz CT molecular complexity index is 71.8. The summed E-state index contributed by atoms with van der Waals surface area (Å²) in [5.74, 6) is 0. The molecule has 0 aliphatic heterocycles. The summed E-state index contributed by atoms with van der Waals surface area (Å²) in [7, 11) is 0. The van der Waals surface area contributed by atoms with Gasteiger partial charge in [-0.05, 0) is 0 Å². The van der Waals surface area contributed by atoms with E-state index in [4.69, 9.17) is 0 Å². The smallest absolute Gasteiger partial charge is 0.0919 e. The summed E-state index contributed by atoms with van der Waals surface area (Å²) < 4.78 is 0. The Morgan fingerprint density at radius 2 is 1.88 bits per heavy atom. The van der Waals surface area contributed by atoms with Crippen LogP contribution in [0, 0.1) is 0 Å². The van der Waals surface area contributed by atoms with Gasteiger partial charge in [0.05, 0.1) is 6.33 Å². The van der Waals surface area contributed by atoms with Gasteiger partial charge in [-0.15, -0.1) is 24.8 Å². The molecule has 1 heterocycles. The van der Waals surface area contributed by atoms with Gasteiger partial charge in [-0.1, -0.05) is 0 Å². The minimum Gasteiger partial charge on any atom is -0.412 e. The van der Waals surface area contributed by atoms with Gasteiger partial charge in [-0.25, -0.2) is 4.98 Å². The third-order valence-electron chi connectivity index (χ3n) is 0.406. The van der Waals surface area contributed by atoms with Crippen molar-refractivity contribution in [1.82, 2.24) is 9.97 Å². The lowest BCUT2D eigenvalue weighted by molar-refractivity contribution is 0.824. The van der Waals surface area contributed by atoms with Gasteiger partial charge in [0.15, 0.2) is 0 Å². The second-order valence-electron chi connectivity index (χ2n) is 0.761. The predicted octanol–water partition coefficient (Wildman–Crippen LogP) is 0.429. The lowest BCUT2D eigenvalue weighted by atomic mass is 11.0. The van der Waals surface area contributed by atoms with E-state index >= 15 is 0 Å². The maximum Gasteiger partial charge on any atom is 0.0919 e. The number of rotatable bonds is 0. The molecule has 0 saturated carbocycles. The third-order valence-corrected chi connectivity index (χ3v) is 0.406. The van der Waals surface area contributed by atoms with Crippen LogP contribution in [-0.2, 0) is 0 Å². The molecule has 1 rings (SSSR count). The number of hydrogen-bond donors (Lipinski definition) is 1. The first kappa shape index (κ1) is 15.7. The van der Waals surface area contributed by atoms with Crippen LogP contribution in [0.1, 0.15) is 0 Å². The van der Waals surface area contributed by atoms with Gasteiger partial charge in [0, 0.05) is 12.4 Å². The van der Waals surface area contributed by atoms with Crippen LogP contribution < -0.4 is 0 Å². The van der Waals surface area contributed by atoms with Gasteiger partial charge in [0.2, 0.25) is 0 Å². The molecule has 0 saturated heterocycles. The first-order valence-corrected chi connectivity index (χ1v) is 1.43. The minimum absolute atomic E-state index is 0. The molecule has 0 atom stereocenters. The van der Waals surface area contributed by atoms with E-state index in [0.717, 1.165) is 0 Å². The van der Waals surface area contributed by atoms with Crippen LogP contribution in [-0.4, -0.2) is 15.4 Å². The highest BCUT2D eigenvalue weighted by molar-refractivity contribution is 5.85. The number of halogens is 2. The minimum atomic E-state index is 0. The molecule has 50 valence electrons. The van der Waals surface area contributed by atoms with Crippen molar-refractivity contribution >= 4 is 24.8 Å². The molecule has 0 spiro atoms. The van der Waals surface area contributed by atoms with E-state index in [1.165, 1.54) is 0 Å². The van der Waals surface area contributed by atoms with Gasteiger partial charge >= 0.3 is 0 Å². The Hall–Kier alpha value is -0.250. The lowest BCUT2D eigenvalue weighted by Crippen LogP contribution is -1.44. The molecule has 1 aromatic rings. The highest BCUT2D eigenvalue weighted by Crippen LogP contribution is 1.62. The molecule has 5 heteroatoms. The topological polar surface area (TPSA) is 60.2 Å². The quantitative estimate of drug-likeness (QED) is 0.586. The Labute approximate surface area is 59.6 Å². The molecule has 0 bridgehead atoms. The van der Waals surface area contributed by atoms with Crippen LogP contribution in [0.15, 0.2) is 18.7 Å². The summed E-state index contributed by atoms with van der Waals surface area (Å²) in [6.45, 7) is 0. The maximum absolute atomic E-state index is 3.67. The van der Waals surface area contributed by atoms with Crippen molar-refractivity contribution in [2.45, 2.75) is 0 Å². The van der Waals surface area contributed by atoms with E-state index in [2.05, 4.69) is 9.97 Å². The first-order valence-electron chi connectivity index (χ1n) is 1.43. The molecular weight excluding hydrogens is 151 g/mol. The van der Waals surface area contributed by atoms with Crippen LogP contribution in [0.25, 0.3) is 0 Å². The molecule has 0 aromatic carbocycles. The fraction of sp³-hybridized carbons (Fsp3) is 0.